The predicted octanol–water partition coefficient (Wildman–Crippen LogP) is 5.87. The monoisotopic (exact) mass is 1070 g/mol. The zero-order chi connectivity index (χ0) is 54.3. The largest absolute Gasteiger partial charge is 0.462 e. The number of hydrazine groups is 1. The number of likely N-dealkylation sites (N-methyl/N-ethyl adjacent to an activating group) is 1. The minimum atomic E-state index is -4.65. The van der Waals surface area contributed by atoms with E-state index in [0.29, 0.717) is 44.5 Å². The van der Waals surface area contributed by atoms with Crippen molar-refractivity contribution >= 4 is 52.0 Å². The molecule has 0 aliphatic carbocycles. The third kappa shape index (κ3) is 11.8. The van der Waals surface area contributed by atoms with Crippen LogP contribution >= 0.6 is 11.3 Å². The number of methoxy groups -OCH3 is 1. The molecule has 0 unspecified atom stereocenters. The first-order valence-corrected chi connectivity index (χ1v) is 25.6. The summed E-state index contributed by atoms with van der Waals surface area (Å²) in [5, 5.41) is 18.3. The SMILES string of the molecule is CO[C@@H](C)c1ncccc1-c1c2c3cc(ccc3n1CC(F)(F)F)-c1csc(n1)C[C@H](NC(=O)[C@H](C(C)C)N(C)C(=O)N1C[C@@H]3OCCN(C(=O)/C=C/C(F)F)[C@@H]3C1)C(=O)N1CCC[C@@](O)(N1)C(=O)OCC(C)(C)C2. The number of cyclic esters (lactones) is 1. The van der Waals surface area contributed by atoms with Gasteiger partial charge in [-0.3, -0.25) is 24.4 Å². The van der Waals surface area contributed by atoms with Gasteiger partial charge in [-0.1, -0.05) is 33.8 Å². The number of rotatable bonds is 10. The van der Waals surface area contributed by atoms with Crippen molar-refractivity contribution in [3.05, 3.63) is 70.3 Å². The van der Waals surface area contributed by atoms with Crippen LogP contribution in [0, 0.1) is 11.3 Å². The third-order valence-electron chi connectivity index (χ3n) is 14.1. The van der Waals surface area contributed by atoms with E-state index in [9.17, 15) is 51.0 Å². The van der Waals surface area contributed by atoms with Gasteiger partial charge in [-0.15, -0.1) is 11.3 Å². The molecule has 0 saturated carbocycles. The molecule has 3 N–H and O–H groups in total. The summed E-state index contributed by atoms with van der Waals surface area (Å²) in [5.41, 5.74) is 2.11. The van der Waals surface area contributed by atoms with Crippen LogP contribution < -0.4 is 10.7 Å². The molecule has 3 fully saturated rings. The normalized spacial score (nSPS) is 23.3. The minimum absolute atomic E-state index is 0.000602. The van der Waals surface area contributed by atoms with Crippen LogP contribution in [0.2, 0.25) is 0 Å². The number of carbonyl (C=O) groups is 5. The molecular formula is C51H62F5N9O9S. The second-order valence-corrected chi connectivity index (χ2v) is 21.6. The van der Waals surface area contributed by atoms with Gasteiger partial charge in [0.1, 0.15) is 18.6 Å². The molecule has 0 spiro atoms. The summed E-state index contributed by atoms with van der Waals surface area (Å²) < 4.78 is 88.5. The second-order valence-electron chi connectivity index (χ2n) is 20.6. The maximum absolute atomic E-state index is 14.7. The molecule has 0 radical (unpaired) electrons. The molecule has 4 aromatic rings. The van der Waals surface area contributed by atoms with Crippen molar-refractivity contribution in [1.82, 2.24) is 45.0 Å². The lowest BCUT2D eigenvalue weighted by atomic mass is 9.84. The van der Waals surface area contributed by atoms with Crippen molar-refractivity contribution in [3.63, 3.8) is 0 Å². The van der Waals surface area contributed by atoms with E-state index in [1.807, 2.05) is 0 Å². The zero-order valence-electron chi connectivity index (χ0n) is 42.7. The van der Waals surface area contributed by atoms with Gasteiger partial charge < -0.3 is 43.9 Å². The molecule has 406 valence electrons. The molecule has 8 rings (SSSR count). The van der Waals surface area contributed by atoms with Crippen molar-refractivity contribution in [1.29, 1.82) is 0 Å². The Morgan fingerprint density at radius 3 is 2.59 bits per heavy atom. The number of aliphatic hydroxyl groups is 1. The molecule has 18 nitrogen and oxygen atoms in total. The van der Waals surface area contributed by atoms with Crippen LogP contribution in [0.15, 0.2) is 54.1 Å². The number of urea groups is 1. The molecule has 75 heavy (non-hydrogen) atoms. The summed E-state index contributed by atoms with van der Waals surface area (Å²) in [7, 11) is 2.91. The van der Waals surface area contributed by atoms with Crippen LogP contribution in [0.4, 0.5) is 26.7 Å². The maximum atomic E-state index is 14.7. The number of halogens is 5. The highest BCUT2D eigenvalue weighted by Crippen LogP contribution is 2.43. The lowest BCUT2D eigenvalue weighted by molar-refractivity contribution is -0.189. The summed E-state index contributed by atoms with van der Waals surface area (Å²) in [4.78, 5) is 84.0. The number of allylic oxidation sites excluding steroid dienone is 1. The Morgan fingerprint density at radius 2 is 1.88 bits per heavy atom. The number of ether oxygens (including phenoxy) is 3. The number of carbonyl (C=O) groups excluding carboxylic acids is 5. The number of esters is 1. The van der Waals surface area contributed by atoms with Gasteiger partial charge in [0.05, 0.1) is 60.1 Å². The van der Waals surface area contributed by atoms with Gasteiger partial charge in [-0.2, -0.15) is 18.6 Å². The Bertz CT molecular complexity index is 2840. The molecular weight excluding hydrogens is 1010 g/mol. The number of hydrogen-bond donors (Lipinski definition) is 3. The highest BCUT2D eigenvalue weighted by Gasteiger charge is 2.48. The first kappa shape index (κ1) is 55.2. The van der Waals surface area contributed by atoms with Gasteiger partial charge in [0.15, 0.2) is 0 Å². The summed E-state index contributed by atoms with van der Waals surface area (Å²) in [6, 6.07) is 4.56. The Morgan fingerprint density at radius 1 is 1.12 bits per heavy atom. The highest BCUT2D eigenvalue weighted by molar-refractivity contribution is 7.10. The first-order chi connectivity index (χ1) is 35.4. The van der Waals surface area contributed by atoms with Crippen molar-refractivity contribution < 1.29 is 65.2 Å². The molecule has 6 atom stereocenters. The number of alkyl halides is 5. The number of fused-ring (bicyclic) bond motifs is 7. The number of amides is 5. The van der Waals surface area contributed by atoms with E-state index < -0.39 is 96.3 Å². The molecule has 3 aromatic heterocycles. The number of benzene rings is 1. The average molecular weight is 1070 g/mol. The van der Waals surface area contributed by atoms with E-state index in [-0.39, 0.29) is 76.3 Å². The molecule has 4 aliphatic heterocycles. The van der Waals surface area contributed by atoms with Crippen molar-refractivity contribution in [3.8, 4) is 22.5 Å². The van der Waals surface area contributed by atoms with Crippen LogP contribution in [-0.2, 0) is 52.8 Å². The van der Waals surface area contributed by atoms with Crippen LogP contribution in [0.5, 0.6) is 0 Å². The standard InChI is InChI=1S/C51H62F5N9O9S/c1-28(2)43(61(6)48(70)62-23-37-38(24-62)73-19-18-63(37)41(66)14-13-39(52)53)45(67)59-34-21-40-58-35(25-75-40)30-11-12-36-32(20-30)33(22-49(4,5)27-74-47(69)50(71)15-9-17-65(60-50)46(34)68)44(64(36)26-51(54,55)56)31-10-8-16-57-42(31)29(3)72-7/h8,10-14,16,20,25,28-29,34,37-39,43,60,71H,9,15,17-19,21-24,26-27H2,1-7H3,(H,59,67)/b14-13+/t29-,34-,37+,38-,43-,50-/m0/s1. The Balaban J connectivity index is 1.15. The summed E-state index contributed by atoms with van der Waals surface area (Å²) in [5.74, 6) is -3.74. The Labute approximate surface area is 434 Å². The maximum Gasteiger partial charge on any atom is 0.406 e. The molecule has 1 aromatic carbocycles. The van der Waals surface area contributed by atoms with Crippen molar-refractivity contribution in [2.45, 2.75) is 116 Å². The van der Waals surface area contributed by atoms with E-state index in [1.165, 1.54) is 44.8 Å². The van der Waals surface area contributed by atoms with Crippen LogP contribution in [0.1, 0.15) is 69.8 Å². The molecule has 5 amide bonds. The Kier molecular flexibility index (Phi) is 16.1. The van der Waals surface area contributed by atoms with Crippen LogP contribution in [0.3, 0.4) is 0 Å². The average Bonchev–Trinajstić information content (AvgIpc) is 4.09. The van der Waals surface area contributed by atoms with E-state index in [2.05, 4.69) is 15.7 Å². The number of pyridine rings is 1. The summed E-state index contributed by atoms with van der Waals surface area (Å²) in [6.45, 7) is 7.41. The number of hydrogen-bond acceptors (Lipinski definition) is 13. The minimum Gasteiger partial charge on any atom is -0.462 e. The van der Waals surface area contributed by atoms with Crippen LogP contribution in [0.25, 0.3) is 33.4 Å². The van der Waals surface area contributed by atoms with Gasteiger partial charge in [-0.25, -0.2) is 23.4 Å². The number of aromatic nitrogens is 3. The zero-order valence-corrected chi connectivity index (χ0v) is 43.5. The topological polar surface area (TPSA) is 201 Å². The van der Waals surface area contributed by atoms with Gasteiger partial charge in [0.25, 0.3) is 12.3 Å². The van der Waals surface area contributed by atoms with E-state index in [0.717, 1.165) is 11.1 Å². The van der Waals surface area contributed by atoms with Crippen molar-refractivity contribution in [2.75, 3.05) is 53.6 Å². The number of likely N-dealkylation sites (tertiary alicyclic amines) is 1. The molecule has 6 bridgehead atoms. The molecule has 3 saturated heterocycles. The summed E-state index contributed by atoms with van der Waals surface area (Å²) in [6.07, 6.45) is -6.01. The lowest BCUT2D eigenvalue weighted by Crippen LogP contribution is -2.67. The second kappa shape index (κ2) is 21.9. The van der Waals surface area contributed by atoms with Crippen molar-refractivity contribution in [2.24, 2.45) is 11.3 Å². The molecule has 4 aliphatic rings. The van der Waals surface area contributed by atoms with E-state index in [1.54, 1.807) is 76.5 Å². The van der Waals surface area contributed by atoms with Gasteiger partial charge in [0.2, 0.25) is 17.5 Å². The van der Waals surface area contributed by atoms with Gasteiger partial charge in [-0.05, 0) is 61.6 Å². The predicted molar refractivity (Wildman–Crippen MR) is 265 cm³/mol. The fourth-order valence-corrected chi connectivity index (χ4v) is 11.4. The number of nitrogens with one attached hydrogen (secondary N) is 2. The summed E-state index contributed by atoms with van der Waals surface area (Å²) >= 11 is 1.17. The lowest BCUT2D eigenvalue weighted by Gasteiger charge is -2.40. The highest BCUT2D eigenvalue weighted by atomic mass is 32.1. The molecule has 24 heteroatoms. The van der Waals surface area contributed by atoms with Gasteiger partial charge in [0, 0.05) is 91.7 Å². The fourth-order valence-electron chi connectivity index (χ4n) is 10.5. The smallest absolute Gasteiger partial charge is 0.406 e. The molecule has 7 heterocycles. The van der Waals surface area contributed by atoms with E-state index >= 15 is 0 Å². The Hall–Kier alpha value is -6.08. The number of morpholine rings is 1. The van der Waals surface area contributed by atoms with Gasteiger partial charge >= 0.3 is 18.2 Å². The first-order valence-electron chi connectivity index (χ1n) is 24.7. The number of thiazole rings is 1. The van der Waals surface area contributed by atoms with Crippen LogP contribution in [-0.4, -0.2) is 165 Å². The number of nitrogens with zero attached hydrogens (tertiary/aromatic N) is 7. The third-order valence-corrected chi connectivity index (χ3v) is 15.0. The van der Waals surface area contributed by atoms with E-state index in [4.69, 9.17) is 19.2 Å². The quantitative estimate of drug-likeness (QED) is 0.0971. The fraction of sp³-hybridized carbons (Fsp3) is 0.549.